The van der Waals surface area contributed by atoms with Crippen molar-refractivity contribution in [2.75, 3.05) is 0 Å². The summed E-state index contributed by atoms with van der Waals surface area (Å²) in [6, 6.07) is 0. The maximum atomic E-state index is 3.58. The van der Waals surface area contributed by atoms with Crippen LogP contribution in [0, 0.1) is 12.0 Å². The number of allylic oxidation sites excluding steroid dienone is 3. The lowest BCUT2D eigenvalue weighted by Gasteiger charge is -1.94. The van der Waals surface area contributed by atoms with E-state index in [-0.39, 0.29) is 0 Å². The van der Waals surface area contributed by atoms with Gasteiger partial charge in [-0.3, -0.25) is 0 Å². The van der Waals surface area contributed by atoms with Crippen molar-refractivity contribution in [3.05, 3.63) is 24.8 Å². The van der Waals surface area contributed by atoms with Crippen molar-refractivity contribution in [2.45, 2.75) is 12.8 Å². The molecular formula is C7H9. The van der Waals surface area contributed by atoms with Crippen molar-refractivity contribution < 1.29 is 0 Å². The van der Waals surface area contributed by atoms with E-state index in [1.165, 1.54) is 0 Å². The molecule has 0 aromatic heterocycles. The number of rotatable bonds is 1. The fourth-order valence-electron chi connectivity index (χ4n) is 0.784. The fraction of sp³-hybridized carbons (Fsp3) is 0.429. The predicted molar refractivity (Wildman–Crippen MR) is 30.7 cm³/mol. The third kappa shape index (κ3) is 0.923. The molecule has 0 saturated heterocycles. The highest BCUT2D eigenvalue weighted by atomic mass is 14.1. The molecule has 1 radical (unpaired) electrons. The van der Waals surface area contributed by atoms with Crippen LogP contribution in [0.2, 0.25) is 0 Å². The Balaban J connectivity index is 2.35. The molecule has 0 spiro atoms. The summed E-state index contributed by atoms with van der Waals surface area (Å²) in [4.78, 5) is 0. The van der Waals surface area contributed by atoms with Gasteiger partial charge in [-0.15, -0.1) is 0 Å². The Kier molecular flexibility index (Phi) is 1.30. The van der Waals surface area contributed by atoms with Crippen LogP contribution in [0.5, 0.6) is 0 Å². The zero-order valence-electron chi connectivity index (χ0n) is 4.35. The van der Waals surface area contributed by atoms with Gasteiger partial charge in [-0.2, -0.15) is 0 Å². The Morgan fingerprint density at radius 3 is 2.29 bits per heavy atom. The molecule has 7 heavy (non-hydrogen) atoms. The average molecular weight is 93.1 g/mol. The lowest BCUT2D eigenvalue weighted by atomic mass is 10.1. The molecule has 0 nitrogen and oxygen atoms in total. The van der Waals surface area contributed by atoms with Gasteiger partial charge in [-0.25, -0.2) is 0 Å². The molecule has 0 amide bonds. The highest BCUT2D eigenvalue weighted by molar-refractivity contribution is 4.97. The van der Waals surface area contributed by atoms with Gasteiger partial charge < -0.3 is 0 Å². The van der Waals surface area contributed by atoms with Crippen LogP contribution in [0.4, 0.5) is 0 Å². The fourth-order valence-corrected chi connectivity index (χ4v) is 0.784. The number of hydrogen-bond acceptors (Lipinski definition) is 0. The van der Waals surface area contributed by atoms with E-state index in [2.05, 4.69) is 24.8 Å². The summed E-state index contributed by atoms with van der Waals surface area (Å²) in [5.74, 6) is 0.625. The molecule has 0 heteroatoms. The first-order valence-electron chi connectivity index (χ1n) is 2.61. The topological polar surface area (TPSA) is 0 Å². The molecule has 0 aromatic rings. The molecule has 0 bridgehead atoms. The van der Waals surface area contributed by atoms with Gasteiger partial charge in [0.15, 0.2) is 0 Å². The highest BCUT2D eigenvalue weighted by Gasteiger charge is 2.03. The Morgan fingerprint density at radius 1 is 1.43 bits per heavy atom. The van der Waals surface area contributed by atoms with Crippen LogP contribution in [0.25, 0.3) is 0 Å². The first-order valence-corrected chi connectivity index (χ1v) is 2.61. The third-order valence-electron chi connectivity index (χ3n) is 1.30. The van der Waals surface area contributed by atoms with Crippen molar-refractivity contribution in [2.24, 2.45) is 5.92 Å². The van der Waals surface area contributed by atoms with Gasteiger partial charge in [0.05, 0.1) is 0 Å². The molecule has 37 valence electrons. The largest absolute Gasteiger partial charge is 0.0953 e. The van der Waals surface area contributed by atoms with Gasteiger partial charge in [-0.05, 0) is 24.8 Å². The summed E-state index contributed by atoms with van der Waals surface area (Å²) in [6.45, 7) is 3.58. The monoisotopic (exact) mass is 93.1 g/mol. The lowest BCUT2D eigenvalue weighted by Crippen LogP contribution is -1.84. The maximum Gasteiger partial charge on any atom is -0.00961 e. The van der Waals surface area contributed by atoms with Crippen LogP contribution in [-0.4, -0.2) is 0 Å². The minimum atomic E-state index is 0.625. The van der Waals surface area contributed by atoms with Gasteiger partial charge in [0, 0.05) is 0 Å². The summed E-state index contributed by atoms with van der Waals surface area (Å²) in [6.07, 6.45) is 9.63. The molecule has 0 aliphatic heterocycles. The quantitative estimate of drug-likeness (QED) is 0.434. The van der Waals surface area contributed by atoms with Crippen LogP contribution in [-0.2, 0) is 0 Å². The van der Waals surface area contributed by atoms with Crippen molar-refractivity contribution in [3.63, 3.8) is 0 Å². The standard InChI is InChI=1S/C7H9/c1-2-7-5-3-4-6-7/h3-4,7H,1,5-6H2. The number of hydrogen-bond donors (Lipinski definition) is 0. The van der Waals surface area contributed by atoms with E-state index < -0.39 is 0 Å². The van der Waals surface area contributed by atoms with E-state index >= 15 is 0 Å². The molecule has 1 rings (SSSR count). The molecule has 0 fully saturated rings. The molecule has 1 aliphatic rings. The predicted octanol–water partition coefficient (Wildman–Crippen LogP) is 1.94. The lowest BCUT2D eigenvalue weighted by molar-refractivity contribution is 0.698. The molecule has 0 N–H and O–H groups in total. The molecular weight excluding hydrogens is 84.1 g/mol. The van der Waals surface area contributed by atoms with Gasteiger partial charge in [-0.1, -0.05) is 18.7 Å². The van der Waals surface area contributed by atoms with Crippen LogP contribution in [0.15, 0.2) is 18.7 Å². The van der Waals surface area contributed by atoms with E-state index in [0.717, 1.165) is 12.8 Å². The average Bonchev–Trinajstić information content (AvgIpc) is 2.14. The normalized spacial score (nSPS) is 20.6. The van der Waals surface area contributed by atoms with E-state index in [1.807, 2.05) is 0 Å². The molecule has 0 aromatic carbocycles. The SMILES string of the molecule is C=[C]C1CC=CC1. The van der Waals surface area contributed by atoms with Crippen molar-refractivity contribution in [3.8, 4) is 0 Å². The smallest absolute Gasteiger partial charge is 0.00961 e. The molecule has 1 aliphatic carbocycles. The van der Waals surface area contributed by atoms with Crippen LogP contribution < -0.4 is 0 Å². The second kappa shape index (κ2) is 1.97. The molecule has 0 unspecified atom stereocenters. The molecule has 0 saturated carbocycles. The van der Waals surface area contributed by atoms with Crippen LogP contribution >= 0.6 is 0 Å². The first-order chi connectivity index (χ1) is 3.43. The summed E-state index contributed by atoms with van der Waals surface area (Å²) < 4.78 is 0. The Morgan fingerprint density at radius 2 is 2.00 bits per heavy atom. The highest BCUT2D eigenvalue weighted by Crippen LogP contribution is 2.16. The van der Waals surface area contributed by atoms with Gasteiger partial charge in [0.2, 0.25) is 0 Å². The van der Waals surface area contributed by atoms with E-state index in [0.29, 0.717) is 5.92 Å². The minimum Gasteiger partial charge on any atom is -0.0953 e. The van der Waals surface area contributed by atoms with Crippen molar-refractivity contribution >= 4 is 0 Å². The third-order valence-corrected chi connectivity index (χ3v) is 1.30. The van der Waals surface area contributed by atoms with E-state index in [9.17, 15) is 0 Å². The van der Waals surface area contributed by atoms with Gasteiger partial charge in [0.1, 0.15) is 0 Å². The Labute approximate surface area is 44.5 Å². The minimum absolute atomic E-state index is 0.625. The zero-order valence-corrected chi connectivity index (χ0v) is 4.35. The van der Waals surface area contributed by atoms with Gasteiger partial charge >= 0.3 is 0 Å². The van der Waals surface area contributed by atoms with Crippen LogP contribution in [0.3, 0.4) is 0 Å². The van der Waals surface area contributed by atoms with E-state index in [1.54, 1.807) is 0 Å². The second-order valence-electron chi connectivity index (χ2n) is 1.84. The maximum absolute atomic E-state index is 3.58. The second-order valence-corrected chi connectivity index (χ2v) is 1.84. The molecule has 0 heterocycles. The summed E-state index contributed by atoms with van der Waals surface area (Å²) in [5, 5.41) is 0. The van der Waals surface area contributed by atoms with E-state index in [4.69, 9.17) is 0 Å². The molecule has 0 atom stereocenters. The summed E-state index contributed by atoms with van der Waals surface area (Å²) >= 11 is 0. The van der Waals surface area contributed by atoms with Crippen LogP contribution in [0.1, 0.15) is 12.8 Å². The zero-order chi connectivity index (χ0) is 5.11. The first kappa shape index (κ1) is 4.63. The summed E-state index contributed by atoms with van der Waals surface area (Å²) in [5.41, 5.74) is 0. The van der Waals surface area contributed by atoms with Crippen molar-refractivity contribution in [1.82, 2.24) is 0 Å². The van der Waals surface area contributed by atoms with Gasteiger partial charge in [0.25, 0.3) is 0 Å². The summed E-state index contributed by atoms with van der Waals surface area (Å²) in [7, 11) is 0. The Hall–Kier alpha value is -0.520. The Bertz CT molecular complexity index is 82.2. The van der Waals surface area contributed by atoms with Crippen molar-refractivity contribution in [1.29, 1.82) is 0 Å².